The van der Waals surface area contributed by atoms with E-state index in [0.29, 0.717) is 0 Å². The van der Waals surface area contributed by atoms with Crippen LogP contribution in [-0.2, 0) is 0 Å². The first-order valence-corrected chi connectivity index (χ1v) is 3.78. The van der Waals surface area contributed by atoms with E-state index in [4.69, 9.17) is 17.3 Å². The lowest BCUT2D eigenvalue weighted by atomic mass is 10.5. The van der Waals surface area contributed by atoms with Gasteiger partial charge in [-0.1, -0.05) is 15.9 Å². The van der Waals surface area contributed by atoms with Gasteiger partial charge in [0.2, 0.25) is 5.96 Å². The minimum Gasteiger partial charge on any atom is -0.369 e. The van der Waals surface area contributed by atoms with Gasteiger partial charge in [-0.2, -0.15) is 5.10 Å². The van der Waals surface area contributed by atoms with Crippen molar-refractivity contribution >= 4 is 27.6 Å². The van der Waals surface area contributed by atoms with Gasteiger partial charge in [0.15, 0.2) is 0 Å². The number of halogens is 1. The minimum atomic E-state index is -0.0926. The Hall–Kier alpha value is -0.980. The van der Waals surface area contributed by atoms with E-state index in [0.717, 1.165) is 11.0 Å². The van der Waals surface area contributed by atoms with Gasteiger partial charge in [-0.3, -0.25) is 0 Å². The van der Waals surface area contributed by atoms with Gasteiger partial charge >= 0.3 is 0 Å². The predicted octanol–water partition coefficient (Wildman–Crippen LogP) is -1.15. The fourth-order valence-electron chi connectivity index (χ4n) is 0.0345. The van der Waals surface area contributed by atoms with Crippen molar-refractivity contribution in [2.75, 3.05) is 5.33 Å². The number of alkyl halides is 1. The lowest BCUT2D eigenvalue weighted by molar-refractivity contribution is 1.21. The summed E-state index contributed by atoms with van der Waals surface area (Å²) in [7, 11) is 0. The number of hydrogen-bond donors (Lipinski definition) is 4. The Morgan fingerprint density at radius 2 is 1.64 bits per heavy atom. The van der Waals surface area contributed by atoms with E-state index in [9.17, 15) is 0 Å². The summed E-state index contributed by atoms with van der Waals surface area (Å²) in [4.78, 5) is 0. The second-order valence-corrected chi connectivity index (χ2v) is 2.11. The first-order chi connectivity index (χ1) is 5.08. The second kappa shape index (κ2) is 9.02. The molecule has 0 fully saturated rings. The molecule has 0 heterocycles. The van der Waals surface area contributed by atoms with E-state index < -0.39 is 0 Å². The van der Waals surface area contributed by atoms with Gasteiger partial charge in [-0.15, -0.1) is 5.10 Å². The average Bonchev–Trinajstić information content (AvgIpc) is 2.04. The van der Waals surface area contributed by atoms with Gasteiger partial charge in [0.05, 0.1) is 0 Å². The third-order valence-corrected chi connectivity index (χ3v) is 1.37. The molecular formula is C4H13BrN6. The Morgan fingerprint density at radius 1 is 1.27 bits per heavy atom. The fraction of sp³-hybridized carbons (Fsp3) is 0.500. The lowest BCUT2D eigenvalue weighted by Gasteiger charge is -1.82. The van der Waals surface area contributed by atoms with Crippen LogP contribution in [0.5, 0.6) is 0 Å². The molecule has 0 aliphatic carbocycles. The first-order valence-electron chi connectivity index (χ1n) is 2.66. The van der Waals surface area contributed by atoms with Gasteiger partial charge in [0.1, 0.15) is 0 Å². The highest BCUT2D eigenvalue weighted by Crippen LogP contribution is 1.79. The Morgan fingerprint density at radius 3 is 1.64 bits per heavy atom. The van der Waals surface area contributed by atoms with Crippen molar-refractivity contribution < 1.29 is 0 Å². The third kappa shape index (κ3) is 17.6. The minimum absolute atomic E-state index is 0.0926. The molecule has 6 nitrogen and oxygen atoms in total. The number of hydrogen-bond acceptors (Lipinski definition) is 4. The van der Waals surface area contributed by atoms with Crippen molar-refractivity contribution in [2.45, 2.75) is 6.92 Å². The molecule has 11 heavy (non-hydrogen) atoms. The number of guanidine groups is 1. The lowest BCUT2D eigenvalue weighted by Crippen LogP contribution is -2.23. The topological polar surface area (TPSA) is 129 Å². The van der Waals surface area contributed by atoms with E-state index >= 15 is 0 Å². The van der Waals surface area contributed by atoms with Crippen LogP contribution in [0, 0.1) is 0 Å². The highest BCUT2D eigenvalue weighted by atomic mass is 79.9. The van der Waals surface area contributed by atoms with Gasteiger partial charge in [-0.25, -0.2) is 0 Å². The molecule has 0 rings (SSSR count). The van der Waals surface area contributed by atoms with Crippen LogP contribution in [0.3, 0.4) is 0 Å². The van der Waals surface area contributed by atoms with E-state index in [2.05, 4.69) is 32.0 Å². The molecule has 0 spiro atoms. The normalized spacial score (nSPS) is 9.45. The molecule has 0 aromatic heterocycles. The van der Waals surface area contributed by atoms with E-state index in [-0.39, 0.29) is 5.96 Å². The van der Waals surface area contributed by atoms with Crippen LogP contribution in [0.4, 0.5) is 0 Å². The highest BCUT2D eigenvalue weighted by molar-refractivity contribution is 9.09. The monoisotopic (exact) mass is 224 g/mol. The van der Waals surface area contributed by atoms with Crippen molar-refractivity contribution in [1.82, 2.24) is 0 Å². The maximum atomic E-state index is 4.84. The third-order valence-electron chi connectivity index (χ3n) is 0.563. The molecule has 0 bridgehead atoms. The number of hydrazone groups is 2. The van der Waals surface area contributed by atoms with Crippen LogP contribution in [0.2, 0.25) is 0 Å². The average molecular weight is 225 g/mol. The summed E-state index contributed by atoms with van der Waals surface area (Å²) in [6.07, 6.45) is 0. The van der Waals surface area contributed by atoms with Gasteiger partial charge < -0.3 is 23.2 Å². The zero-order valence-electron chi connectivity index (χ0n) is 6.29. The van der Waals surface area contributed by atoms with E-state index in [1.54, 1.807) is 0 Å². The molecule has 0 saturated heterocycles. The van der Waals surface area contributed by atoms with Crippen molar-refractivity contribution in [1.29, 1.82) is 0 Å². The Labute approximate surface area is 73.8 Å². The van der Waals surface area contributed by atoms with Crippen molar-refractivity contribution in [2.24, 2.45) is 33.4 Å². The summed E-state index contributed by atoms with van der Waals surface area (Å²) in [5.74, 6) is 9.26. The van der Waals surface area contributed by atoms with E-state index in [1.165, 1.54) is 0 Å². The Bertz CT molecular complexity index is 138. The maximum Gasteiger partial charge on any atom is 0.208 e. The molecule has 0 aromatic carbocycles. The standard InChI is InChI=1S/C3H7BrN2.CH6N4/c1-3(2-4)6-5;2-1(3)5-4/h2,5H2,1H3;4H2,(H4,2,3,5). The zero-order valence-corrected chi connectivity index (χ0v) is 7.87. The second-order valence-electron chi connectivity index (χ2n) is 1.55. The van der Waals surface area contributed by atoms with Gasteiger partial charge in [0.25, 0.3) is 0 Å². The Kier molecular flexibility index (Phi) is 10.4. The summed E-state index contributed by atoms with van der Waals surface area (Å²) in [5.41, 5.74) is 10.3. The van der Waals surface area contributed by atoms with Crippen LogP contribution in [0.25, 0.3) is 0 Å². The molecule has 0 atom stereocenters. The van der Waals surface area contributed by atoms with Gasteiger partial charge in [-0.05, 0) is 6.92 Å². The smallest absolute Gasteiger partial charge is 0.208 e. The van der Waals surface area contributed by atoms with E-state index in [1.807, 2.05) is 6.92 Å². The molecule has 0 saturated carbocycles. The number of nitrogens with zero attached hydrogens (tertiary/aromatic N) is 2. The molecule has 0 amide bonds. The van der Waals surface area contributed by atoms with Crippen molar-refractivity contribution in [3.63, 3.8) is 0 Å². The van der Waals surface area contributed by atoms with Gasteiger partial charge in [0, 0.05) is 11.0 Å². The molecule has 0 unspecified atom stereocenters. The quantitative estimate of drug-likeness (QED) is 0.147. The molecule has 7 heteroatoms. The summed E-state index contributed by atoms with van der Waals surface area (Å²) >= 11 is 3.16. The zero-order chi connectivity index (χ0) is 9.28. The highest BCUT2D eigenvalue weighted by Gasteiger charge is 1.78. The van der Waals surface area contributed by atoms with Crippen LogP contribution >= 0.6 is 15.9 Å². The summed E-state index contributed by atoms with van der Waals surface area (Å²) < 4.78 is 0. The molecule has 0 aliphatic rings. The van der Waals surface area contributed by atoms with Crippen molar-refractivity contribution in [3.8, 4) is 0 Å². The molecule has 66 valence electrons. The molecule has 0 aromatic rings. The predicted molar refractivity (Wildman–Crippen MR) is 51.1 cm³/mol. The molecule has 8 N–H and O–H groups in total. The van der Waals surface area contributed by atoms with Crippen LogP contribution < -0.4 is 23.2 Å². The maximum absolute atomic E-state index is 4.84. The molecule has 0 aliphatic heterocycles. The van der Waals surface area contributed by atoms with Crippen LogP contribution in [-0.4, -0.2) is 17.0 Å². The molecular weight excluding hydrogens is 212 g/mol. The number of nitrogens with two attached hydrogens (primary N) is 4. The van der Waals surface area contributed by atoms with Crippen LogP contribution in [0.1, 0.15) is 6.92 Å². The SMILES string of the molecule is CC(CBr)=NN.NN=C(N)N. The largest absolute Gasteiger partial charge is 0.369 e. The summed E-state index contributed by atoms with van der Waals surface area (Å²) in [5, 5.41) is 7.01. The fourth-order valence-corrected chi connectivity index (χ4v) is 0.179. The summed E-state index contributed by atoms with van der Waals surface area (Å²) in [6, 6.07) is 0. The molecule has 0 radical (unpaired) electrons. The van der Waals surface area contributed by atoms with Crippen LogP contribution in [0.15, 0.2) is 10.2 Å². The summed E-state index contributed by atoms with van der Waals surface area (Å²) in [6.45, 7) is 1.86. The number of rotatable bonds is 1. The Balaban J connectivity index is 0. The van der Waals surface area contributed by atoms with Crippen molar-refractivity contribution in [3.05, 3.63) is 0 Å². The first kappa shape index (κ1) is 12.7.